The van der Waals surface area contributed by atoms with E-state index in [1.54, 1.807) is 10.6 Å². The summed E-state index contributed by atoms with van der Waals surface area (Å²) in [4.78, 5) is 29.5. The Labute approximate surface area is 190 Å². The van der Waals surface area contributed by atoms with Crippen LogP contribution in [0.15, 0.2) is 59.4 Å². The number of nitrogens with zero attached hydrogens (tertiary/aromatic N) is 3. The lowest BCUT2D eigenvalue weighted by molar-refractivity contribution is -0.131. The highest BCUT2D eigenvalue weighted by molar-refractivity contribution is 7.73. The lowest BCUT2D eigenvalue weighted by atomic mass is 10.2. The summed E-state index contributed by atoms with van der Waals surface area (Å²) in [5.74, 6) is -0.0425. The van der Waals surface area contributed by atoms with Gasteiger partial charge in [-0.05, 0) is 42.8 Å². The minimum absolute atomic E-state index is 0.00148. The summed E-state index contributed by atoms with van der Waals surface area (Å²) in [5, 5.41) is 0.564. The first-order valence-corrected chi connectivity index (χ1v) is 11.8. The van der Waals surface area contributed by atoms with Crippen molar-refractivity contribution in [3.05, 3.63) is 68.9 Å². The second kappa shape index (κ2) is 9.16. The molecule has 2 heterocycles. The Bertz CT molecular complexity index is 1350. The van der Waals surface area contributed by atoms with Gasteiger partial charge in [-0.15, -0.1) is 11.3 Å². The molecule has 1 amide bonds. The van der Waals surface area contributed by atoms with Crippen LogP contribution in [0, 0.1) is 3.95 Å². The third-order valence-electron chi connectivity index (χ3n) is 5.33. The third kappa shape index (κ3) is 3.95. The number of amides is 1. The average molecular weight is 452 g/mol. The van der Waals surface area contributed by atoms with Crippen LogP contribution in [0.3, 0.4) is 0 Å². The van der Waals surface area contributed by atoms with Crippen molar-refractivity contribution in [2.24, 2.45) is 0 Å². The molecule has 0 aliphatic carbocycles. The van der Waals surface area contributed by atoms with E-state index < -0.39 is 0 Å². The van der Waals surface area contributed by atoms with E-state index in [1.165, 1.54) is 11.3 Å². The molecule has 2 aromatic carbocycles. The van der Waals surface area contributed by atoms with Crippen LogP contribution in [-0.4, -0.2) is 32.9 Å². The van der Waals surface area contributed by atoms with Crippen LogP contribution in [0.5, 0.6) is 0 Å². The second-order valence-electron chi connectivity index (χ2n) is 7.51. The fourth-order valence-electron chi connectivity index (χ4n) is 3.97. The van der Waals surface area contributed by atoms with Gasteiger partial charge in [-0.1, -0.05) is 56.3 Å². The minimum atomic E-state index is -0.165. The lowest BCUT2D eigenvalue weighted by Crippen LogP contribution is -2.38. The normalized spacial score (nSPS) is 11.3. The predicted molar refractivity (Wildman–Crippen MR) is 130 cm³/mol. The molecule has 0 aliphatic heterocycles. The monoisotopic (exact) mass is 451 g/mol. The van der Waals surface area contributed by atoms with Gasteiger partial charge in [-0.2, -0.15) is 0 Å². The van der Waals surface area contributed by atoms with E-state index in [2.05, 4.69) is 13.8 Å². The quantitative estimate of drug-likeness (QED) is 0.355. The summed E-state index contributed by atoms with van der Waals surface area (Å²) in [7, 11) is 0. The Kier molecular flexibility index (Phi) is 6.34. The van der Waals surface area contributed by atoms with Gasteiger partial charge in [-0.25, -0.2) is 0 Å². The van der Waals surface area contributed by atoms with Gasteiger partial charge < -0.3 is 4.90 Å². The van der Waals surface area contributed by atoms with Crippen molar-refractivity contribution < 1.29 is 4.79 Å². The lowest BCUT2D eigenvalue weighted by Gasteiger charge is -2.22. The zero-order valence-corrected chi connectivity index (χ0v) is 19.3. The summed E-state index contributed by atoms with van der Waals surface area (Å²) < 4.78 is 4.21. The van der Waals surface area contributed by atoms with Crippen molar-refractivity contribution in [1.82, 2.24) is 13.9 Å². The summed E-state index contributed by atoms with van der Waals surface area (Å²) >= 11 is 7.19. The average Bonchev–Trinajstić information content (AvgIpc) is 3.14. The van der Waals surface area contributed by atoms with Crippen LogP contribution in [-0.2, 0) is 11.3 Å². The SMILES string of the molecule is CCCN(CCC)C(=O)Cn1c(=O)c2ccccc2n2c(=S)sc(-c3ccccc3)c12. The maximum Gasteiger partial charge on any atom is 0.262 e. The predicted octanol–water partition coefficient (Wildman–Crippen LogP) is 5.36. The second-order valence-corrected chi connectivity index (χ2v) is 9.16. The van der Waals surface area contributed by atoms with Gasteiger partial charge in [0.1, 0.15) is 12.2 Å². The van der Waals surface area contributed by atoms with Gasteiger partial charge in [0, 0.05) is 13.1 Å². The zero-order chi connectivity index (χ0) is 22.0. The van der Waals surface area contributed by atoms with Gasteiger partial charge in [-0.3, -0.25) is 18.6 Å². The number of hydrogen-bond acceptors (Lipinski definition) is 4. The Morgan fingerprint density at radius 2 is 1.65 bits per heavy atom. The molecule has 2 aromatic heterocycles. The molecule has 4 rings (SSSR count). The van der Waals surface area contributed by atoms with Gasteiger partial charge in [0.25, 0.3) is 5.56 Å². The van der Waals surface area contributed by atoms with Gasteiger partial charge >= 0.3 is 0 Å². The number of carbonyl (C=O) groups is 1. The first-order chi connectivity index (χ1) is 15.1. The van der Waals surface area contributed by atoms with Crippen LogP contribution in [0.25, 0.3) is 27.0 Å². The topological polar surface area (TPSA) is 46.7 Å². The molecule has 0 unspecified atom stereocenters. The van der Waals surface area contributed by atoms with E-state index in [0.29, 0.717) is 28.1 Å². The van der Waals surface area contributed by atoms with Crippen LogP contribution >= 0.6 is 23.6 Å². The molecule has 7 heteroatoms. The first-order valence-electron chi connectivity index (χ1n) is 10.6. The standard InChI is InChI=1S/C24H25N3O2S2/c1-3-14-25(15-4-2)20(28)16-26-22-21(17-10-6-5-7-11-17)31-24(30)27(22)19-13-9-8-12-18(19)23(26)29/h5-13H,3-4,14-16H2,1-2H3. The Morgan fingerprint density at radius 3 is 2.32 bits per heavy atom. The summed E-state index contributed by atoms with van der Waals surface area (Å²) in [6.07, 6.45) is 1.76. The summed E-state index contributed by atoms with van der Waals surface area (Å²) in [6.45, 7) is 5.49. The smallest absolute Gasteiger partial charge is 0.262 e. The number of rotatable bonds is 7. The Morgan fingerprint density at radius 1 is 1.00 bits per heavy atom. The van der Waals surface area contributed by atoms with Crippen LogP contribution < -0.4 is 5.56 Å². The minimum Gasteiger partial charge on any atom is -0.341 e. The van der Waals surface area contributed by atoms with E-state index in [9.17, 15) is 9.59 Å². The molecular formula is C24H25N3O2S2. The highest BCUT2D eigenvalue weighted by Crippen LogP contribution is 2.33. The first kappa shape index (κ1) is 21.5. The van der Waals surface area contributed by atoms with E-state index in [1.807, 2.05) is 57.8 Å². The molecule has 0 saturated heterocycles. The van der Waals surface area contributed by atoms with Gasteiger partial charge in [0.05, 0.1) is 15.8 Å². The van der Waals surface area contributed by atoms with Gasteiger partial charge in [0.2, 0.25) is 5.91 Å². The number of carbonyl (C=O) groups excluding carboxylic acids is 1. The molecule has 0 atom stereocenters. The van der Waals surface area contributed by atoms with Crippen molar-refractivity contribution in [1.29, 1.82) is 0 Å². The highest BCUT2D eigenvalue weighted by Gasteiger charge is 2.21. The number of thiazole rings is 1. The molecule has 0 N–H and O–H groups in total. The Balaban J connectivity index is 2.01. The number of hydrogen-bond donors (Lipinski definition) is 0. The zero-order valence-electron chi connectivity index (χ0n) is 17.7. The van der Waals surface area contributed by atoms with Crippen molar-refractivity contribution in [2.75, 3.05) is 13.1 Å². The largest absolute Gasteiger partial charge is 0.341 e. The van der Waals surface area contributed by atoms with Crippen molar-refractivity contribution >= 4 is 46.0 Å². The third-order valence-corrected chi connectivity index (χ3v) is 6.74. The molecule has 0 aliphatic rings. The fraction of sp³-hybridized carbons (Fsp3) is 0.292. The van der Waals surface area contributed by atoms with Crippen LogP contribution in [0.2, 0.25) is 0 Å². The van der Waals surface area contributed by atoms with Crippen molar-refractivity contribution in [2.45, 2.75) is 33.2 Å². The molecule has 5 nitrogen and oxygen atoms in total. The molecule has 0 fully saturated rings. The van der Waals surface area contributed by atoms with Crippen LogP contribution in [0.4, 0.5) is 0 Å². The molecule has 0 radical (unpaired) electrons. The van der Waals surface area contributed by atoms with Gasteiger partial charge in [0.15, 0.2) is 3.95 Å². The molecular weight excluding hydrogens is 426 g/mol. The number of benzene rings is 2. The molecule has 0 spiro atoms. The molecule has 31 heavy (non-hydrogen) atoms. The molecule has 4 aromatic rings. The highest BCUT2D eigenvalue weighted by atomic mass is 32.1. The maximum atomic E-state index is 13.6. The number of aromatic nitrogens is 2. The van der Waals surface area contributed by atoms with E-state index in [0.717, 1.165) is 28.8 Å². The number of fused-ring (bicyclic) bond motifs is 3. The molecule has 0 saturated carbocycles. The van der Waals surface area contributed by atoms with Crippen LogP contribution in [0.1, 0.15) is 26.7 Å². The van der Waals surface area contributed by atoms with Crippen molar-refractivity contribution in [3.63, 3.8) is 0 Å². The molecule has 160 valence electrons. The fourth-order valence-corrected chi connectivity index (χ4v) is 5.41. The summed E-state index contributed by atoms with van der Waals surface area (Å²) in [5.41, 5.74) is 2.28. The van der Waals surface area contributed by atoms with E-state index in [4.69, 9.17) is 12.2 Å². The summed E-state index contributed by atoms with van der Waals surface area (Å²) in [6, 6.07) is 17.4. The molecule has 0 bridgehead atoms. The van der Waals surface area contributed by atoms with Crippen molar-refractivity contribution in [3.8, 4) is 10.4 Å². The van der Waals surface area contributed by atoms with E-state index >= 15 is 0 Å². The Hall–Kier alpha value is -2.77. The number of para-hydroxylation sites is 1. The maximum absolute atomic E-state index is 13.6. The van der Waals surface area contributed by atoms with E-state index in [-0.39, 0.29) is 18.0 Å².